The number of aliphatic hydroxyl groups excluding tert-OH is 1. The number of thiazole rings is 1. The summed E-state index contributed by atoms with van der Waals surface area (Å²) in [6.45, 7) is 3.47. The maximum absolute atomic E-state index is 13.7. The molecule has 0 spiro atoms. The second kappa shape index (κ2) is 7.62. The molecule has 1 amide bonds. The number of aryl methyl sites for hydroxylation is 2. The minimum absolute atomic E-state index is 0.0832. The smallest absolute Gasteiger partial charge is 0.294 e. The lowest BCUT2D eigenvalue weighted by atomic mass is 9.96. The molecule has 1 aromatic carbocycles. The van der Waals surface area contributed by atoms with E-state index in [1.54, 1.807) is 32.2 Å². The second-order valence-electron chi connectivity index (χ2n) is 6.70. The summed E-state index contributed by atoms with van der Waals surface area (Å²) in [5.41, 5.74) is 1.19. The minimum atomic E-state index is -0.956. The van der Waals surface area contributed by atoms with Crippen LogP contribution in [0, 0.1) is 19.7 Å². The Bertz CT molecular complexity index is 1210. The van der Waals surface area contributed by atoms with Gasteiger partial charge in [0.15, 0.2) is 5.76 Å². The molecule has 30 heavy (non-hydrogen) atoms. The fourth-order valence-electron chi connectivity index (χ4n) is 3.46. The molecule has 3 aromatic rings. The van der Waals surface area contributed by atoms with E-state index in [9.17, 15) is 19.1 Å². The van der Waals surface area contributed by atoms with Crippen LogP contribution in [0.3, 0.4) is 0 Å². The number of Topliss-reactive ketones (excluding diaryl/α,β-unsaturated/α-hetero) is 1. The number of aliphatic hydroxyl groups is 1. The lowest BCUT2D eigenvalue weighted by molar-refractivity contribution is -0.117. The number of ketones is 1. The number of hydrogen-bond acceptors (Lipinski definition) is 6. The highest BCUT2D eigenvalue weighted by Gasteiger charge is 2.45. The summed E-state index contributed by atoms with van der Waals surface area (Å²) in [6.07, 6.45) is 3.06. The molecule has 0 saturated carbocycles. The lowest BCUT2D eigenvalue weighted by Crippen LogP contribution is -2.31. The molecule has 0 aliphatic carbocycles. The van der Waals surface area contributed by atoms with Crippen LogP contribution in [0.1, 0.15) is 32.0 Å². The van der Waals surface area contributed by atoms with Crippen LogP contribution < -0.4 is 4.90 Å². The van der Waals surface area contributed by atoms with Crippen molar-refractivity contribution in [1.29, 1.82) is 0 Å². The number of aromatic nitrogens is 2. The van der Waals surface area contributed by atoms with E-state index in [0.29, 0.717) is 21.1 Å². The summed E-state index contributed by atoms with van der Waals surface area (Å²) < 4.78 is 13.7. The Morgan fingerprint density at radius 1 is 1.30 bits per heavy atom. The van der Waals surface area contributed by atoms with Crippen LogP contribution >= 0.6 is 22.9 Å². The number of amides is 1. The molecular formula is C21H15ClFN3O3S. The Hall–Kier alpha value is -3.10. The van der Waals surface area contributed by atoms with Crippen molar-refractivity contribution >= 4 is 40.3 Å². The van der Waals surface area contributed by atoms with Crippen molar-refractivity contribution in [3.05, 3.63) is 86.0 Å². The van der Waals surface area contributed by atoms with Crippen molar-refractivity contribution in [2.45, 2.75) is 19.9 Å². The Balaban J connectivity index is 1.90. The van der Waals surface area contributed by atoms with Crippen LogP contribution in [-0.4, -0.2) is 26.8 Å². The van der Waals surface area contributed by atoms with Gasteiger partial charge in [0, 0.05) is 18.1 Å². The van der Waals surface area contributed by atoms with Gasteiger partial charge in [-0.05, 0) is 43.7 Å². The summed E-state index contributed by atoms with van der Waals surface area (Å²) >= 11 is 7.10. The van der Waals surface area contributed by atoms with E-state index < -0.39 is 29.3 Å². The zero-order chi connectivity index (χ0) is 21.6. The van der Waals surface area contributed by atoms with Crippen LogP contribution in [0.4, 0.5) is 10.1 Å². The van der Waals surface area contributed by atoms with Gasteiger partial charge in [-0.1, -0.05) is 17.7 Å². The number of carbonyl (C=O) groups excluding carboxylic acids is 2. The van der Waals surface area contributed by atoms with E-state index in [-0.39, 0.29) is 16.3 Å². The molecule has 2 aromatic heterocycles. The van der Waals surface area contributed by atoms with E-state index in [2.05, 4.69) is 9.97 Å². The first-order chi connectivity index (χ1) is 14.3. The molecule has 1 N–H and O–H groups in total. The van der Waals surface area contributed by atoms with Gasteiger partial charge >= 0.3 is 0 Å². The number of halogens is 2. The molecule has 1 aliphatic heterocycles. The largest absolute Gasteiger partial charge is 0.503 e. The Morgan fingerprint density at radius 3 is 2.67 bits per heavy atom. The van der Waals surface area contributed by atoms with E-state index in [1.807, 2.05) is 0 Å². The topological polar surface area (TPSA) is 83.4 Å². The van der Waals surface area contributed by atoms with Gasteiger partial charge in [0.2, 0.25) is 5.78 Å². The number of pyridine rings is 1. The van der Waals surface area contributed by atoms with Crippen LogP contribution in [0.25, 0.3) is 0 Å². The average molecular weight is 444 g/mol. The third-order valence-corrected chi connectivity index (χ3v) is 6.11. The SMILES string of the molecule is Cc1nc(C)c(C(=O)C2=C(O)C(=O)N(c3ccc(F)c(Cl)c3)C2c2cccnc2)s1. The van der Waals surface area contributed by atoms with Gasteiger partial charge in [0.25, 0.3) is 5.91 Å². The number of nitrogens with zero attached hydrogens (tertiary/aromatic N) is 3. The fraction of sp³-hybridized carbons (Fsp3) is 0.143. The number of rotatable bonds is 4. The summed E-state index contributed by atoms with van der Waals surface area (Å²) in [4.78, 5) is 36.3. The van der Waals surface area contributed by atoms with E-state index in [0.717, 1.165) is 6.07 Å². The normalized spacial score (nSPS) is 16.5. The van der Waals surface area contributed by atoms with Crippen molar-refractivity contribution in [3.63, 3.8) is 0 Å². The van der Waals surface area contributed by atoms with Gasteiger partial charge in [0.05, 0.1) is 32.2 Å². The quantitative estimate of drug-likeness (QED) is 0.589. The van der Waals surface area contributed by atoms with Crippen LogP contribution in [0.2, 0.25) is 5.02 Å². The number of carbonyl (C=O) groups is 2. The maximum Gasteiger partial charge on any atom is 0.294 e. The van der Waals surface area contributed by atoms with Crippen molar-refractivity contribution in [3.8, 4) is 0 Å². The molecule has 1 aliphatic rings. The standard InChI is InChI=1S/C21H15ClFN3O3S/c1-10-20(30-11(2)25-10)18(27)16-17(12-4-3-7-24-9-12)26(21(29)19(16)28)13-5-6-15(23)14(22)8-13/h3-9,17,28H,1-2H3. The highest BCUT2D eigenvalue weighted by Crippen LogP contribution is 2.43. The molecule has 0 fully saturated rings. The predicted octanol–water partition coefficient (Wildman–Crippen LogP) is 4.73. The van der Waals surface area contributed by atoms with Gasteiger partial charge in [0.1, 0.15) is 5.82 Å². The summed E-state index contributed by atoms with van der Waals surface area (Å²) in [5.74, 6) is -2.59. The molecule has 0 radical (unpaired) electrons. The predicted molar refractivity (Wildman–Crippen MR) is 111 cm³/mol. The molecule has 6 nitrogen and oxygen atoms in total. The molecule has 0 saturated heterocycles. The van der Waals surface area contributed by atoms with E-state index in [1.165, 1.54) is 34.6 Å². The Morgan fingerprint density at radius 2 is 2.07 bits per heavy atom. The fourth-order valence-corrected chi connectivity index (χ4v) is 4.50. The minimum Gasteiger partial charge on any atom is -0.503 e. The van der Waals surface area contributed by atoms with Crippen LogP contribution in [0.5, 0.6) is 0 Å². The first-order valence-corrected chi connectivity index (χ1v) is 10.1. The van der Waals surface area contributed by atoms with E-state index >= 15 is 0 Å². The molecule has 3 heterocycles. The zero-order valence-corrected chi connectivity index (χ0v) is 17.5. The molecule has 1 atom stereocenters. The van der Waals surface area contributed by atoms with Gasteiger partial charge in [-0.15, -0.1) is 11.3 Å². The van der Waals surface area contributed by atoms with Gasteiger partial charge < -0.3 is 5.11 Å². The summed E-state index contributed by atoms with van der Waals surface area (Å²) in [6, 6.07) is 6.17. The molecule has 4 rings (SSSR count). The van der Waals surface area contributed by atoms with Crippen molar-refractivity contribution in [2.75, 3.05) is 4.90 Å². The van der Waals surface area contributed by atoms with Gasteiger partial charge in [-0.3, -0.25) is 19.5 Å². The average Bonchev–Trinajstić information content (AvgIpc) is 3.20. The van der Waals surface area contributed by atoms with Crippen molar-refractivity contribution in [1.82, 2.24) is 9.97 Å². The van der Waals surface area contributed by atoms with Crippen molar-refractivity contribution < 1.29 is 19.1 Å². The number of benzene rings is 1. The first kappa shape index (κ1) is 20.2. The van der Waals surface area contributed by atoms with E-state index in [4.69, 9.17) is 11.6 Å². The van der Waals surface area contributed by atoms with Crippen LogP contribution in [0.15, 0.2) is 54.1 Å². The highest BCUT2D eigenvalue weighted by molar-refractivity contribution is 7.14. The summed E-state index contributed by atoms with van der Waals surface area (Å²) in [5, 5.41) is 11.2. The maximum atomic E-state index is 13.7. The Labute approximate surface area is 180 Å². The van der Waals surface area contributed by atoms with Gasteiger partial charge in [-0.25, -0.2) is 9.37 Å². The Kier molecular flexibility index (Phi) is 5.13. The van der Waals surface area contributed by atoms with Crippen molar-refractivity contribution in [2.24, 2.45) is 0 Å². The lowest BCUT2D eigenvalue weighted by Gasteiger charge is -2.26. The molecule has 9 heteroatoms. The van der Waals surface area contributed by atoms with Crippen LogP contribution in [-0.2, 0) is 4.79 Å². The highest BCUT2D eigenvalue weighted by atomic mass is 35.5. The third-order valence-electron chi connectivity index (χ3n) is 4.74. The molecule has 152 valence electrons. The monoisotopic (exact) mass is 443 g/mol. The molecular weight excluding hydrogens is 429 g/mol. The zero-order valence-electron chi connectivity index (χ0n) is 15.9. The number of hydrogen-bond donors (Lipinski definition) is 1. The first-order valence-electron chi connectivity index (χ1n) is 8.90. The summed E-state index contributed by atoms with van der Waals surface area (Å²) in [7, 11) is 0. The molecule has 0 bridgehead atoms. The molecule has 1 unspecified atom stereocenters. The second-order valence-corrected chi connectivity index (χ2v) is 8.31. The van der Waals surface area contributed by atoms with Gasteiger partial charge in [-0.2, -0.15) is 0 Å². The number of anilines is 1. The third kappa shape index (κ3) is 3.28.